The van der Waals surface area contributed by atoms with Gasteiger partial charge in [-0.05, 0) is 79.7 Å². The van der Waals surface area contributed by atoms with Crippen molar-refractivity contribution in [2.75, 3.05) is 6.54 Å². The average molecular weight is 312 g/mol. The highest BCUT2D eigenvalue weighted by molar-refractivity contribution is 9.10. The number of rotatable bonds is 7. The van der Waals surface area contributed by atoms with Gasteiger partial charge >= 0.3 is 0 Å². The lowest BCUT2D eigenvalue weighted by Gasteiger charge is -2.16. The number of halogens is 1. The normalized spacial score (nSPS) is 16.6. The summed E-state index contributed by atoms with van der Waals surface area (Å²) in [5, 5.41) is 3.53. The van der Waals surface area contributed by atoms with Gasteiger partial charge in [-0.1, -0.05) is 6.07 Å². The van der Waals surface area contributed by atoms with Gasteiger partial charge in [0, 0.05) is 6.04 Å². The zero-order valence-electron chi connectivity index (χ0n) is 11.2. The molecule has 1 unspecified atom stereocenters. The molecule has 0 radical (unpaired) electrons. The molecule has 0 saturated heterocycles. The summed E-state index contributed by atoms with van der Waals surface area (Å²) >= 11 is 3.55. The van der Waals surface area contributed by atoms with Gasteiger partial charge < -0.3 is 10.1 Å². The van der Waals surface area contributed by atoms with Crippen LogP contribution in [0.25, 0.3) is 0 Å². The van der Waals surface area contributed by atoms with Crippen LogP contribution in [0.3, 0.4) is 0 Å². The zero-order chi connectivity index (χ0) is 13.0. The molecule has 1 aliphatic carbocycles. The molecule has 1 saturated carbocycles. The van der Waals surface area contributed by atoms with Gasteiger partial charge in [0.25, 0.3) is 0 Å². The summed E-state index contributed by atoms with van der Waals surface area (Å²) in [5.74, 6) is 0.947. The number of ether oxygens (including phenoxy) is 1. The summed E-state index contributed by atoms with van der Waals surface area (Å²) in [6.07, 6.45) is 5.27. The fourth-order valence-electron chi connectivity index (χ4n) is 1.96. The lowest BCUT2D eigenvalue weighted by molar-refractivity contribution is 0.206. The minimum atomic E-state index is 0.269. The average Bonchev–Trinajstić information content (AvgIpc) is 3.12. The van der Waals surface area contributed by atoms with Crippen molar-refractivity contribution < 1.29 is 4.74 Å². The molecule has 0 heterocycles. The summed E-state index contributed by atoms with van der Waals surface area (Å²) in [6.45, 7) is 5.35. The van der Waals surface area contributed by atoms with Crippen LogP contribution < -0.4 is 10.1 Å². The van der Waals surface area contributed by atoms with Crippen molar-refractivity contribution in [3.8, 4) is 5.75 Å². The molecule has 1 fully saturated rings. The van der Waals surface area contributed by atoms with Crippen molar-refractivity contribution in [3.63, 3.8) is 0 Å². The second-order valence-corrected chi connectivity index (χ2v) is 6.09. The number of benzene rings is 1. The van der Waals surface area contributed by atoms with Gasteiger partial charge in [0.05, 0.1) is 10.6 Å². The lowest BCUT2D eigenvalue weighted by atomic mass is 10.2. The fourth-order valence-corrected chi connectivity index (χ4v) is 2.55. The van der Waals surface area contributed by atoms with Gasteiger partial charge in [-0.25, -0.2) is 0 Å². The third kappa shape index (κ3) is 4.62. The first kappa shape index (κ1) is 13.9. The highest BCUT2D eigenvalue weighted by Gasteiger charge is 2.19. The largest absolute Gasteiger partial charge is 0.490 e. The third-order valence-corrected chi connectivity index (χ3v) is 3.83. The van der Waals surface area contributed by atoms with Crippen molar-refractivity contribution in [2.45, 2.75) is 51.7 Å². The molecule has 2 rings (SSSR count). The van der Waals surface area contributed by atoms with E-state index in [0.717, 1.165) is 29.2 Å². The molecule has 2 nitrogen and oxygen atoms in total. The minimum Gasteiger partial charge on any atom is -0.490 e. The molecule has 1 N–H and O–H groups in total. The summed E-state index contributed by atoms with van der Waals surface area (Å²) < 4.78 is 6.99. The molecule has 1 aliphatic rings. The number of aryl methyl sites for hydroxylation is 1. The molecule has 3 heteroatoms. The maximum atomic E-state index is 5.95. The van der Waals surface area contributed by atoms with E-state index in [1.54, 1.807) is 0 Å². The third-order valence-electron chi connectivity index (χ3n) is 3.21. The molecule has 0 amide bonds. The molecule has 0 spiro atoms. The van der Waals surface area contributed by atoms with Gasteiger partial charge in [-0.3, -0.25) is 0 Å². The summed E-state index contributed by atoms with van der Waals surface area (Å²) in [4.78, 5) is 0. The minimum absolute atomic E-state index is 0.269. The van der Waals surface area contributed by atoms with E-state index in [0.29, 0.717) is 0 Å². The van der Waals surface area contributed by atoms with E-state index >= 15 is 0 Å². The Morgan fingerprint density at radius 3 is 2.89 bits per heavy atom. The molecule has 100 valence electrons. The Hall–Kier alpha value is -0.540. The van der Waals surface area contributed by atoms with Crippen LogP contribution in [0.4, 0.5) is 0 Å². The summed E-state index contributed by atoms with van der Waals surface area (Å²) in [7, 11) is 0. The lowest BCUT2D eigenvalue weighted by Crippen LogP contribution is -2.20. The van der Waals surface area contributed by atoms with Crippen LogP contribution in [0, 0.1) is 6.92 Å². The molecule has 0 aliphatic heterocycles. The first-order valence-corrected chi connectivity index (χ1v) is 7.60. The van der Waals surface area contributed by atoms with Crippen LogP contribution in [0.2, 0.25) is 0 Å². The number of hydrogen-bond donors (Lipinski definition) is 1. The van der Waals surface area contributed by atoms with Crippen molar-refractivity contribution in [2.24, 2.45) is 0 Å². The van der Waals surface area contributed by atoms with E-state index in [-0.39, 0.29) is 6.10 Å². The maximum absolute atomic E-state index is 5.95. The topological polar surface area (TPSA) is 21.3 Å². The van der Waals surface area contributed by atoms with Crippen molar-refractivity contribution in [1.82, 2.24) is 5.32 Å². The van der Waals surface area contributed by atoms with E-state index in [1.165, 1.54) is 24.8 Å². The van der Waals surface area contributed by atoms with Crippen LogP contribution in [0.5, 0.6) is 5.75 Å². The Labute approximate surface area is 118 Å². The highest BCUT2D eigenvalue weighted by Crippen LogP contribution is 2.27. The Morgan fingerprint density at radius 2 is 2.22 bits per heavy atom. The van der Waals surface area contributed by atoms with Crippen molar-refractivity contribution >= 4 is 15.9 Å². The molecular formula is C15H22BrNO. The summed E-state index contributed by atoms with van der Waals surface area (Å²) in [6, 6.07) is 7.03. The van der Waals surface area contributed by atoms with E-state index in [2.05, 4.69) is 47.2 Å². The van der Waals surface area contributed by atoms with Gasteiger partial charge in [0.15, 0.2) is 0 Å². The Bertz CT molecular complexity index is 390. The van der Waals surface area contributed by atoms with Gasteiger partial charge in [-0.15, -0.1) is 0 Å². The SMILES string of the molecule is Cc1ccc(OC(C)CCCNC2CC2)c(Br)c1. The van der Waals surface area contributed by atoms with Gasteiger partial charge in [0.2, 0.25) is 0 Å². The van der Waals surface area contributed by atoms with E-state index in [9.17, 15) is 0 Å². The van der Waals surface area contributed by atoms with E-state index < -0.39 is 0 Å². The molecule has 0 bridgehead atoms. The van der Waals surface area contributed by atoms with Crippen LogP contribution in [0.1, 0.15) is 38.2 Å². The summed E-state index contributed by atoms with van der Waals surface area (Å²) in [5.41, 5.74) is 1.25. The quantitative estimate of drug-likeness (QED) is 0.767. The van der Waals surface area contributed by atoms with Crippen LogP contribution in [-0.2, 0) is 0 Å². The predicted molar refractivity (Wildman–Crippen MR) is 79.2 cm³/mol. The van der Waals surface area contributed by atoms with Crippen LogP contribution in [-0.4, -0.2) is 18.7 Å². The molecule has 1 aromatic carbocycles. The van der Waals surface area contributed by atoms with Crippen molar-refractivity contribution in [3.05, 3.63) is 28.2 Å². The van der Waals surface area contributed by atoms with Gasteiger partial charge in [-0.2, -0.15) is 0 Å². The molecule has 1 aromatic rings. The van der Waals surface area contributed by atoms with Crippen molar-refractivity contribution in [1.29, 1.82) is 0 Å². The van der Waals surface area contributed by atoms with Crippen LogP contribution >= 0.6 is 15.9 Å². The highest BCUT2D eigenvalue weighted by atomic mass is 79.9. The Balaban J connectivity index is 1.70. The molecular weight excluding hydrogens is 290 g/mol. The maximum Gasteiger partial charge on any atom is 0.133 e. The standard InChI is InChI=1S/C15H22BrNO/c1-11-5-8-15(14(16)10-11)18-12(2)4-3-9-17-13-6-7-13/h5,8,10,12-13,17H,3-4,6-7,9H2,1-2H3. The molecule has 1 atom stereocenters. The molecule has 0 aromatic heterocycles. The zero-order valence-corrected chi connectivity index (χ0v) is 12.8. The Kier molecular flexibility index (Phi) is 5.07. The Morgan fingerprint density at radius 1 is 1.44 bits per heavy atom. The smallest absolute Gasteiger partial charge is 0.133 e. The second kappa shape index (κ2) is 6.58. The van der Waals surface area contributed by atoms with Crippen LogP contribution in [0.15, 0.2) is 22.7 Å². The van der Waals surface area contributed by atoms with E-state index in [1.807, 2.05) is 6.07 Å². The molecule has 18 heavy (non-hydrogen) atoms. The second-order valence-electron chi connectivity index (χ2n) is 5.23. The monoisotopic (exact) mass is 311 g/mol. The number of hydrogen-bond acceptors (Lipinski definition) is 2. The van der Waals surface area contributed by atoms with Gasteiger partial charge in [0.1, 0.15) is 5.75 Å². The predicted octanol–water partition coefficient (Wildman–Crippen LogP) is 4.06. The van der Waals surface area contributed by atoms with E-state index in [4.69, 9.17) is 4.74 Å². The fraction of sp³-hybridized carbons (Fsp3) is 0.600. The first-order valence-electron chi connectivity index (χ1n) is 6.81. The number of nitrogens with one attached hydrogen (secondary N) is 1. The first-order chi connectivity index (χ1) is 8.65.